The monoisotopic (exact) mass is 312 g/mol. The number of sulfonamides is 1. The zero-order chi connectivity index (χ0) is 15.0. The van der Waals surface area contributed by atoms with Gasteiger partial charge in [-0.1, -0.05) is 6.42 Å². The van der Waals surface area contributed by atoms with Gasteiger partial charge in [0.1, 0.15) is 5.82 Å². The molecule has 1 aromatic carbocycles. The van der Waals surface area contributed by atoms with E-state index in [0.717, 1.165) is 32.1 Å². The van der Waals surface area contributed by atoms with Gasteiger partial charge in [-0.05, 0) is 50.3 Å². The van der Waals surface area contributed by atoms with Gasteiger partial charge in [0.2, 0.25) is 10.0 Å². The molecular weight excluding hydrogens is 291 g/mol. The van der Waals surface area contributed by atoms with Gasteiger partial charge in [-0.2, -0.15) is 0 Å². The Morgan fingerprint density at radius 3 is 2.48 bits per heavy atom. The van der Waals surface area contributed by atoms with Crippen LogP contribution < -0.4 is 10.0 Å². The van der Waals surface area contributed by atoms with Gasteiger partial charge in [-0.3, -0.25) is 0 Å². The summed E-state index contributed by atoms with van der Waals surface area (Å²) in [6.07, 6.45) is 5.06. The number of halogens is 1. The molecule has 0 aromatic heterocycles. The molecule has 0 spiro atoms. The molecule has 0 saturated heterocycles. The van der Waals surface area contributed by atoms with Crippen molar-refractivity contribution in [3.05, 3.63) is 29.1 Å². The lowest BCUT2D eigenvalue weighted by Gasteiger charge is -2.26. The predicted molar refractivity (Wildman–Crippen MR) is 79.0 cm³/mol. The summed E-state index contributed by atoms with van der Waals surface area (Å²) in [7, 11) is -3.55. The van der Waals surface area contributed by atoms with Gasteiger partial charge in [-0.25, -0.2) is 17.5 Å². The summed E-state index contributed by atoms with van der Waals surface area (Å²) in [5, 5.41) is 3.23. The first-order valence-corrected chi connectivity index (χ1v) is 8.99. The first-order chi connectivity index (χ1) is 9.95. The van der Waals surface area contributed by atoms with Crippen molar-refractivity contribution in [1.82, 2.24) is 10.0 Å². The zero-order valence-electron chi connectivity index (χ0n) is 12.2. The molecular formula is C15H21FN2O2S. The minimum Gasteiger partial charge on any atom is -0.310 e. The van der Waals surface area contributed by atoms with Gasteiger partial charge in [0.25, 0.3) is 0 Å². The van der Waals surface area contributed by atoms with Gasteiger partial charge in [0, 0.05) is 24.2 Å². The van der Waals surface area contributed by atoms with Crippen LogP contribution >= 0.6 is 0 Å². The Labute approximate surface area is 125 Å². The number of benzene rings is 1. The number of hydrogen-bond acceptors (Lipinski definition) is 3. The van der Waals surface area contributed by atoms with Crippen LogP contribution in [0.25, 0.3) is 0 Å². The number of nitrogens with one attached hydrogen (secondary N) is 2. The summed E-state index contributed by atoms with van der Waals surface area (Å²) in [6, 6.07) is 3.36. The molecule has 116 valence electrons. The Morgan fingerprint density at radius 2 is 1.90 bits per heavy atom. The summed E-state index contributed by atoms with van der Waals surface area (Å²) in [6.45, 7) is 1.99. The second-order valence-corrected chi connectivity index (χ2v) is 7.83. The molecule has 2 saturated carbocycles. The third-order valence-corrected chi connectivity index (χ3v) is 5.70. The molecule has 0 aliphatic heterocycles. The number of rotatable bonds is 6. The van der Waals surface area contributed by atoms with E-state index in [1.165, 1.54) is 12.1 Å². The normalized spacial score (nSPS) is 19.5. The third-order valence-electron chi connectivity index (χ3n) is 4.20. The van der Waals surface area contributed by atoms with Crippen molar-refractivity contribution < 1.29 is 12.8 Å². The van der Waals surface area contributed by atoms with E-state index in [4.69, 9.17) is 0 Å². The molecule has 2 aliphatic carbocycles. The Balaban J connectivity index is 1.82. The van der Waals surface area contributed by atoms with E-state index in [0.29, 0.717) is 23.7 Å². The molecule has 1 aromatic rings. The van der Waals surface area contributed by atoms with E-state index in [1.54, 1.807) is 6.92 Å². The van der Waals surface area contributed by atoms with Crippen LogP contribution in [0.15, 0.2) is 17.0 Å². The van der Waals surface area contributed by atoms with Crippen LogP contribution in [-0.4, -0.2) is 20.5 Å². The van der Waals surface area contributed by atoms with E-state index in [-0.39, 0.29) is 16.8 Å². The van der Waals surface area contributed by atoms with Gasteiger partial charge in [0.05, 0.1) is 4.90 Å². The van der Waals surface area contributed by atoms with Gasteiger partial charge in [0.15, 0.2) is 0 Å². The van der Waals surface area contributed by atoms with Crippen molar-refractivity contribution in [2.45, 2.75) is 62.6 Å². The molecule has 0 radical (unpaired) electrons. The topological polar surface area (TPSA) is 58.2 Å². The Hall–Kier alpha value is -0.980. The molecule has 0 unspecified atom stereocenters. The highest BCUT2D eigenvalue weighted by molar-refractivity contribution is 7.89. The van der Waals surface area contributed by atoms with Crippen molar-refractivity contribution >= 4 is 10.0 Å². The highest BCUT2D eigenvalue weighted by Gasteiger charge is 2.26. The molecule has 2 aliphatic rings. The second-order valence-electron chi connectivity index (χ2n) is 6.12. The van der Waals surface area contributed by atoms with E-state index < -0.39 is 10.0 Å². The van der Waals surface area contributed by atoms with Crippen LogP contribution in [0.5, 0.6) is 0 Å². The Bertz CT molecular complexity index is 637. The summed E-state index contributed by atoms with van der Waals surface area (Å²) >= 11 is 0. The molecule has 3 rings (SSSR count). The summed E-state index contributed by atoms with van der Waals surface area (Å²) in [4.78, 5) is 0.167. The van der Waals surface area contributed by atoms with Crippen molar-refractivity contribution in [3.8, 4) is 0 Å². The van der Waals surface area contributed by atoms with Crippen LogP contribution in [0.2, 0.25) is 0 Å². The van der Waals surface area contributed by atoms with Crippen LogP contribution in [0, 0.1) is 12.7 Å². The van der Waals surface area contributed by atoms with Crippen molar-refractivity contribution in [3.63, 3.8) is 0 Å². The fourth-order valence-electron chi connectivity index (χ4n) is 2.45. The van der Waals surface area contributed by atoms with Gasteiger partial charge in [-0.15, -0.1) is 0 Å². The fraction of sp³-hybridized carbons (Fsp3) is 0.600. The zero-order valence-corrected chi connectivity index (χ0v) is 13.0. The first kappa shape index (κ1) is 14.9. The molecule has 2 fully saturated rings. The SMILES string of the molecule is Cc1cc(S(=O)(=O)NC2CCC2)cc(CNC2CC2)c1F. The predicted octanol–water partition coefficient (Wildman–Crippen LogP) is 2.22. The molecule has 4 nitrogen and oxygen atoms in total. The van der Waals surface area contributed by atoms with Gasteiger partial charge >= 0.3 is 0 Å². The molecule has 6 heteroatoms. The lowest BCUT2D eigenvalue weighted by Crippen LogP contribution is -2.39. The number of aryl methyl sites for hydroxylation is 1. The van der Waals surface area contributed by atoms with Crippen molar-refractivity contribution in [2.75, 3.05) is 0 Å². The first-order valence-electron chi connectivity index (χ1n) is 7.50. The minimum atomic E-state index is -3.55. The summed E-state index contributed by atoms with van der Waals surface area (Å²) in [5.74, 6) is -0.314. The summed E-state index contributed by atoms with van der Waals surface area (Å²) < 4.78 is 41.5. The molecule has 0 atom stereocenters. The van der Waals surface area contributed by atoms with Crippen LogP contribution in [0.4, 0.5) is 4.39 Å². The van der Waals surface area contributed by atoms with Crippen LogP contribution in [0.3, 0.4) is 0 Å². The highest BCUT2D eigenvalue weighted by Crippen LogP contribution is 2.25. The Morgan fingerprint density at radius 1 is 1.19 bits per heavy atom. The van der Waals surface area contributed by atoms with Crippen LogP contribution in [-0.2, 0) is 16.6 Å². The largest absolute Gasteiger partial charge is 0.310 e. The number of hydrogen-bond donors (Lipinski definition) is 2. The molecule has 0 amide bonds. The summed E-state index contributed by atoms with van der Waals surface area (Å²) in [5.41, 5.74) is 0.801. The quantitative estimate of drug-likeness (QED) is 0.847. The van der Waals surface area contributed by atoms with Crippen molar-refractivity contribution in [1.29, 1.82) is 0 Å². The van der Waals surface area contributed by atoms with Gasteiger partial charge < -0.3 is 5.32 Å². The van der Waals surface area contributed by atoms with E-state index in [2.05, 4.69) is 10.0 Å². The highest BCUT2D eigenvalue weighted by atomic mass is 32.2. The third kappa shape index (κ3) is 3.44. The smallest absolute Gasteiger partial charge is 0.240 e. The van der Waals surface area contributed by atoms with Crippen molar-refractivity contribution in [2.24, 2.45) is 0 Å². The average molecular weight is 312 g/mol. The second kappa shape index (κ2) is 5.66. The maximum Gasteiger partial charge on any atom is 0.240 e. The van der Waals surface area contributed by atoms with E-state index in [9.17, 15) is 12.8 Å². The standard InChI is InChI=1S/C15H21FN2O2S/c1-10-7-14(21(19,20)18-13-3-2-4-13)8-11(15(10)16)9-17-12-5-6-12/h7-8,12-13,17-18H,2-6,9H2,1H3. The van der Waals surface area contributed by atoms with E-state index in [1.807, 2.05) is 0 Å². The molecule has 2 N–H and O–H groups in total. The fourth-order valence-corrected chi connectivity index (χ4v) is 3.89. The minimum absolute atomic E-state index is 0.0356. The maximum absolute atomic E-state index is 14.1. The van der Waals surface area contributed by atoms with E-state index >= 15 is 0 Å². The maximum atomic E-state index is 14.1. The molecule has 0 bridgehead atoms. The molecule has 0 heterocycles. The Kier molecular flexibility index (Phi) is 4.03. The lowest BCUT2D eigenvalue weighted by molar-refractivity contribution is 0.383. The average Bonchev–Trinajstić information content (AvgIpc) is 3.19. The van der Waals surface area contributed by atoms with Crippen LogP contribution in [0.1, 0.15) is 43.2 Å². The molecule has 21 heavy (non-hydrogen) atoms. The lowest BCUT2D eigenvalue weighted by atomic mass is 9.94.